The van der Waals surface area contributed by atoms with E-state index in [2.05, 4.69) is 153 Å². The highest BCUT2D eigenvalue weighted by Gasteiger charge is 2.19. The number of nitrogens with zero attached hydrogens (tertiary/aromatic N) is 4. The molecule has 0 N–H and O–H groups in total. The Hall–Kier alpha value is -7.50. The van der Waals surface area contributed by atoms with E-state index in [0.29, 0.717) is 11.6 Å². The SMILES string of the molecule is C=C(/C=C\C(=C/C)c1ccc(-c2ccc3oc4ccc5c(-c6ccccc6)nc6ccccc6c5c4c3c2)cc1)c1nc(-c2ccccc2)nc(C2C=CC=CC2)n1. The Morgan fingerprint density at radius 2 is 1.36 bits per heavy atom. The van der Waals surface area contributed by atoms with E-state index in [1.54, 1.807) is 0 Å². The zero-order chi connectivity index (χ0) is 39.0. The molecule has 0 amide bonds. The first-order valence-electron chi connectivity index (χ1n) is 19.6. The average Bonchev–Trinajstić information content (AvgIpc) is 3.68. The molecule has 1 unspecified atom stereocenters. The number of aromatic nitrogens is 4. The lowest BCUT2D eigenvalue weighted by Crippen LogP contribution is -2.09. The van der Waals surface area contributed by atoms with Crippen molar-refractivity contribution in [1.29, 1.82) is 0 Å². The normalized spacial score (nSPS) is 14.4. The molecule has 10 rings (SSSR count). The minimum Gasteiger partial charge on any atom is -0.456 e. The van der Waals surface area contributed by atoms with Crippen LogP contribution in [0.2, 0.25) is 0 Å². The summed E-state index contributed by atoms with van der Waals surface area (Å²) < 4.78 is 6.49. The molecular formula is C53H38N4O. The molecule has 0 spiro atoms. The van der Waals surface area contributed by atoms with Crippen LogP contribution in [0, 0.1) is 0 Å². The van der Waals surface area contributed by atoms with Crippen LogP contribution in [0.25, 0.3) is 88.5 Å². The topological polar surface area (TPSA) is 64.7 Å². The standard InChI is InChI=1S/C53H38N4O/c1-3-35(24-23-34(2)51-55-52(39-17-9-5-10-18-39)57-53(56-51)40-19-11-6-12-20-40)36-25-27-37(28-26-36)41-29-31-46-44(33-41)49-47(58-46)32-30-43-48(49)42-21-13-14-22-45(42)54-50(43)38-15-7-4-8-16-38/h3-19,21-33,40H,2,20H2,1H3/b24-23-,35-3+. The molecule has 3 heterocycles. The van der Waals surface area contributed by atoms with Crippen LogP contribution in [-0.4, -0.2) is 19.9 Å². The van der Waals surface area contributed by atoms with E-state index in [9.17, 15) is 0 Å². The third kappa shape index (κ3) is 6.43. The summed E-state index contributed by atoms with van der Waals surface area (Å²) in [5, 5.41) is 5.57. The van der Waals surface area contributed by atoms with Crippen molar-refractivity contribution in [3.8, 4) is 33.8 Å². The smallest absolute Gasteiger partial charge is 0.163 e. The molecule has 1 atom stereocenters. The third-order valence-electron chi connectivity index (χ3n) is 11.0. The number of furan rings is 1. The maximum atomic E-state index is 6.49. The van der Waals surface area contributed by atoms with Gasteiger partial charge in [0.05, 0.1) is 11.2 Å². The molecule has 9 aromatic rings. The molecule has 0 aliphatic heterocycles. The molecule has 58 heavy (non-hydrogen) atoms. The van der Waals surface area contributed by atoms with Gasteiger partial charge in [0.2, 0.25) is 0 Å². The summed E-state index contributed by atoms with van der Waals surface area (Å²) in [7, 11) is 0. The second-order valence-corrected chi connectivity index (χ2v) is 14.6. The van der Waals surface area contributed by atoms with Gasteiger partial charge in [-0.2, -0.15) is 0 Å². The maximum Gasteiger partial charge on any atom is 0.163 e. The van der Waals surface area contributed by atoms with Crippen molar-refractivity contribution < 1.29 is 4.42 Å². The quantitative estimate of drug-likeness (QED) is 0.114. The fourth-order valence-corrected chi connectivity index (χ4v) is 7.97. The van der Waals surface area contributed by atoms with Crippen LogP contribution in [0.15, 0.2) is 193 Å². The molecule has 0 saturated heterocycles. The molecule has 1 aliphatic rings. The first-order valence-corrected chi connectivity index (χ1v) is 19.6. The third-order valence-corrected chi connectivity index (χ3v) is 11.0. The fraction of sp³-hybridized carbons (Fsp3) is 0.0566. The van der Waals surface area contributed by atoms with Crippen LogP contribution >= 0.6 is 0 Å². The van der Waals surface area contributed by atoms with E-state index in [1.807, 2.05) is 42.5 Å². The predicted octanol–water partition coefficient (Wildman–Crippen LogP) is 13.7. The zero-order valence-electron chi connectivity index (χ0n) is 32.0. The van der Waals surface area contributed by atoms with Gasteiger partial charge < -0.3 is 4.42 Å². The Morgan fingerprint density at radius 1 is 0.621 bits per heavy atom. The number of allylic oxidation sites excluding steroid dienone is 9. The molecule has 0 saturated carbocycles. The van der Waals surface area contributed by atoms with Crippen LogP contribution in [0.5, 0.6) is 0 Å². The molecule has 276 valence electrons. The molecule has 1 aliphatic carbocycles. The van der Waals surface area contributed by atoms with Gasteiger partial charge in [0.15, 0.2) is 11.6 Å². The number of pyridine rings is 1. The minimum atomic E-state index is 0.0903. The Balaban J connectivity index is 0.978. The number of fused-ring (bicyclic) bond motifs is 7. The predicted molar refractivity (Wildman–Crippen MR) is 240 cm³/mol. The summed E-state index contributed by atoms with van der Waals surface area (Å²) >= 11 is 0. The van der Waals surface area contributed by atoms with Crippen LogP contribution < -0.4 is 0 Å². The first-order chi connectivity index (χ1) is 28.6. The molecule has 5 nitrogen and oxygen atoms in total. The van der Waals surface area contributed by atoms with Crippen molar-refractivity contribution >= 4 is 54.8 Å². The second-order valence-electron chi connectivity index (χ2n) is 14.6. The van der Waals surface area contributed by atoms with Gasteiger partial charge in [-0.15, -0.1) is 0 Å². The van der Waals surface area contributed by atoms with E-state index >= 15 is 0 Å². The van der Waals surface area contributed by atoms with Crippen LogP contribution in [0.4, 0.5) is 0 Å². The van der Waals surface area contributed by atoms with Gasteiger partial charge in [0, 0.05) is 49.5 Å². The van der Waals surface area contributed by atoms with Gasteiger partial charge in [-0.25, -0.2) is 19.9 Å². The van der Waals surface area contributed by atoms with Gasteiger partial charge >= 0.3 is 0 Å². The van der Waals surface area contributed by atoms with Crippen molar-refractivity contribution in [2.45, 2.75) is 19.3 Å². The van der Waals surface area contributed by atoms with Gasteiger partial charge in [-0.05, 0) is 65.9 Å². The van der Waals surface area contributed by atoms with Gasteiger partial charge in [0.25, 0.3) is 0 Å². The van der Waals surface area contributed by atoms with Gasteiger partial charge in [-0.1, -0.05) is 158 Å². The van der Waals surface area contributed by atoms with Gasteiger partial charge in [0.1, 0.15) is 17.0 Å². The number of hydrogen-bond donors (Lipinski definition) is 0. The van der Waals surface area contributed by atoms with E-state index in [1.165, 1.54) is 0 Å². The van der Waals surface area contributed by atoms with E-state index in [0.717, 1.165) is 101 Å². The van der Waals surface area contributed by atoms with Crippen molar-refractivity contribution in [2.75, 3.05) is 0 Å². The monoisotopic (exact) mass is 746 g/mol. The van der Waals surface area contributed by atoms with Crippen LogP contribution in [-0.2, 0) is 0 Å². The molecule has 0 fully saturated rings. The maximum absolute atomic E-state index is 6.49. The largest absolute Gasteiger partial charge is 0.456 e. The molecule has 0 radical (unpaired) electrons. The summed E-state index contributed by atoms with van der Waals surface area (Å²) in [6.07, 6.45) is 15.5. The van der Waals surface area contributed by atoms with E-state index in [4.69, 9.17) is 24.4 Å². The first kappa shape index (κ1) is 35.0. The van der Waals surface area contributed by atoms with Crippen LogP contribution in [0.3, 0.4) is 0 Å². The molecule has 5 heteroatoms. The zero-order valence-corrected chi connectivity index (χ0v) is 32.0. The van der Waals surface area contributed by atoms with Crippen molar-refractivity contribution in [2.24, 2.45) is 0 Å². The van der Waals surface area contributed by atoms with Crippen LogP contribution in [0.1, 0.15) is 36.5 Å². The highest BCUT2D eigenvalue weighted by molar-refractivity contribution is 6.28. The van der Waals surface area contributed by atoms with Gasteiger partial charge in [-0.3, -0.25) is 0 Å². The lowest BCUT2D eigenvalue weighted by atomic mass is 9.95. The fourth-order valence-electron chi connectivity index (χ4n) is 7.97. The number of hydrogen-bond acceptors (Lipinski definition) is 5. The van der Waals surface area contributed by atoms with E-state index < -0.39 is 0 Å². The summed E-state index contributed by atoms with van der Waals surface area (Å²) in [6.45, 7) is 6.44. The summed E-state index contributed by atoms with van der Waals surface area (Å²) in [4.78, 5) is 19.8. The Labute approximate surface area is 336 Å². The Bertz CT molecular complexity index is 3150. The summed E-state index contributed by atoms with van der Waals surface area (Å²) in [5.41, 5.74) is 10.8. The highest BCUT2D eigenvalue weighted by atomic mass is 16.3. The molecule has 6 aromatic carbocycles. The molecule has 3 aromatic heterocycles. The number of para-hydroxylation sites is 1. The second kappa shape index (κ2) is 14.9. The minimum absolute atomic E-state index is 0.0903. The Morgan fingerprint density at radius 3 is 2.14 bits per heavy atom. The summed E-state index contributed by atoms with van der Waals surface area (Å²) in [6, 6.07) is 48.3. The lowest BCUT2D eigenvalue weighted by Gasteiger charge is -2.14. The molecule has 0 bridgehead atoms. The lowest BCUT2D eigenvalue weighted by molar-refractivity contribution is 0.669. The number of benzene rings is 6. The molecular weight excluding hydrogens is 709 g/mol. The average molecular weight is 747 g/mol. The number of rotatable bonds is 8. The van der Waals surface area contributed by atoms with Crippen molar-refractivity contribution in [1.82, 2.24) is 19.9 Å². The van der Waals surface area contributed by atoms with Crippen molar-refractivity contribution in [3.63, 3.8) is 0 Å². The van der Waals surface area contributed by atoms with E-state index in [-0.39, 0.29) is 5.92 Å². The highest BCUT2D eigenvalue weighted by Crippen LogP contribution is 2.42. The summed E-state index contributed by atoms with van der Waals surface area (Å²) in [5.74, 6) is 2.06. The van der Waals surface area contributed by atoms with Crippen molar-refractivity contribution in [3.05, 3.63) is 206 Å². The Kier molecular flexibility index (Phi) is 8.96.